The summed E-state index contributed by atoms with van der Waals surface area (Å²) in [5.41, 5.74) is 1.53. The van der Waals surface area contributed by atoms with Crippen LogP contribution in [-0.2, 0) is 23.1 Å². The van der Waals surface area contributed by atoms with Gasteiger partial charge in [0.25, 0.3) is 0 Å². The molecule has 0 radical (unpaired) electrons. The number of allylic oxidation sites excluding steroid dienone is 2. The Morgan fingerprint density at radius 1 is 1.00 bits per heavy atom. The van der Waals surface area contributed by atoms with Gasteiger partial charge in [-0.25, -0.2) is 13.4 Å². The predicted octanol–water partition coefficient (Wildman–Crippen LogP) is 4.04. The molecule has 2 rings (SSSR count). The summed E-state index contributed by atoms with van der Waals surface area (Å²) in [4.78, 5) is 3.09. The molecule has 0 fully saturated rings. The van der Waals surface area contributed by atoms with Crippen molar-refractivity contribution in [2.45, 2.75) is 20.0 Å². The van der Waals surface area contributed by atoms with Crippen LogP contribution < -0.4 is 9.47 Å². The van der Waals surface area contributed by atoms with E-state index in [0.717, 1.165) is 11.1 Å². The van der Waals surface area contributed by atoms with Crippen molar-refractivity contribution in [2.24, 2.45) is 4.99 Å². The van der Waals surface area contributed by atoms with Gasteiger partial charge in [-0.1, -0.05) is 30.3 Å². The molecule has 0 aromatic heterocycles. The Morgan fingerprint density at radius 3 is 1.77 bits per heavy atom. The van der Waals surface area contributed by atoms with E-state index < -0.39 is 15.9 Å². The average molecular weight is 431 g/mol. The maximum absolute atomic E-state index is 13.4. The summed E-state index contributed by atoms with van der Waals surface area (Å²) in [5, 5.41) is 10.1. The van der Waals surface area contributed by atoms with Crippen molar-refractivity contribution in [3.63, 3.8) is 0 Å². The summed E-state index contributed by atoms with van der Waals surface area (Å²) >= 11 is 0. The predicted molar refractivity (Wildman–Crippen MR) is 118 cm³/mol. The fourth-order valence-electron chi connectivity index (χ4n) is 2.74. The van der Waals surface area contributed by atoms with Crippen LogP contribution in [0.3, 0.4) is 0 Å². The number of rotatable bonds is 10. The van der Waals surface area contributed by atoms with Crippen LogP contribution in [0.1, 0.15) is 18.1 Å². The van der Waals surface area contributed by atoms with E-state index in [0.29, 0.717) is 11.5 Å². The molecule has 2 aromatic carbocycles. The lowest BCUT2D eigenvalue weighted by Crippen LogP contribution is -2.31. The highest BCUT2D eigenvalue weighted by molar-refractivity contribution is 7.93. The fraction of sp³-hybridized carbons (Fsp3) is 0.227. The van der Waals surface area contributed by atoms with Crippen LogP contribution in [0.4, 0.5) is 0 Å². The Balaban J connectivity index is 2.48. The van der Waals surface area contributed by atoms with E-state index in [1.54, 1.807) is 69.7 Å². The number of nitrogens with zero attached hydrogens (tertiary/aromatic N) is 2. The zero-order valence-corrected chi connectivity index (χ0v) is 18.1. The van der Waals surface area contributed by atoms with Gasteiger partial charge < -0.3 is 14.6 Å². The molecule has 8 heteroatoms. The number of benzene rings is 2. The van der Waals surface area contributed by atoms with Crippen molar-refractivity contribution in [1.29, 1.82) is 0 Å². The molecule has 0 bridgehead atoms. The Morgan fingerprint density at radius 2 is 1.43 bits per heavy atom. The fourth-order valence-corrected chi connectivity index (χ4v) is 4.26. The van der Waals surface area contributed by atoms with Gasteiger partial charge in [-0.15, -0.1) is 0 Å². The summed E-state index contributed by atoms with van der Waals surface area (Å²) in [5.74, 6) is 0.695. The molecule has 7 nitrogen and oxygen atoms in total. The Kier molecular flexibility index (Phi) is 8.20. The standard InChI is InChI=1S/C22H26N2O5S/c1-5-6-21(22(25)23-2)30(26,27)24(15-17-7-11-19(28-3)12-8-17)16-18-9-13-20(29-4)14-10-18/h5-14,25H,2,15-16H2,1,3-4H3/b6-5-,22-21-. The number of aliphatic hydroxyl groups excluding tert-OH is 1. The minimum absolute atomic E-state index is 0.0871. The average Bonchev–Trinajstić information content (AvgIpc) is 2.77. The Hall–Kier alpha value is -3.10. The van der Waals surface area contributed by atoms with Gasteiger partial charge in [0.1, 0.15) is 16.4 Å². The van der Waals surface area contributed by atoms with E-state index in [-0.39, 0.29) is 18.0 Å². The SMILES string of the molecule is C=N/C(O)=C(\C=C/C)S(=O)(=O)N(Cc1ccc(OC)cc1)Cc1ccc(OC)cc1. The van der Waals surface area contributed by atoms with Crippen LogP contribution >= 0.6 is 0 Å². The van der Waals surface area contributed by atoms with E-state index >= 15 is 0 Å². The van der Waals surface area contributed by atoms with Crippen molar-refractivity contribution in [1.82, 2.24) is 4.31 Å². The number of aliphatic imine (C=N–C) groups is 1. The van der Waals surface area contributed by atoms with Crippen LogP contribution in [-0.4, -0.2) is 38.8 Å². The molecule has 2 aromatic rings. The molecule has 0 spiro atoms. The number of hydrogen-bond acceptors (Lipinski definition) is 6. The van der Waals surface area contributed by atoms with Crippen molar-refractivity contribution >= 4 is 16.7 Å². The van der Waals surface area contributed by atoms with Gasteiger partial charge in [0, 0.05) is 13.1 Å². The van der Waals surface area contributed by atoms with E-state index in [1.807, 2.05) is 0 Å². The molecule has 0 saturated carbocycles. The number of aliphatic hydroxyl groups is 1. The van der Waals surface area contributed by atoms with Crippen LogP contribution in [0.5, 0.6) is 11.5 Å². The molecule has 0 amide bonds. The minimum Gasteiger partial charge on any atom is -0.497 e. The maximum atomic E-state index is 13.4. The first-order valence-corrected chi connectivity index (χ1v) is 10.6. The van der Waals surface area contributed by atoms with Crippen LogP contribution in [0.2, 0.25) is 0 Å². The third-order valence-electron chi connectivity index (χ3n) is 4.34. The molecule has 160 valence electrons. The third-order valence-corrected chi connectivity index (χ3v) is 6.15. The van der Waals surface area contributed by atoms with E-state index in [4.69, 9.17) is 9.47 Å². The topological polar surface area (TPSA) is 88.4 Å². The molecule has 0 heterocycles. The number of sulfonamides is 1. The lowest BCUT2D eigenvalue weighted by molar-refractivity contribution is 0.390. The highest BCUT2D eigenvalue weighted by Crippen LogP contribution is 2.25. The number of hydrogen-bond donors (Lipinski definition) is 1. The second-order valence-electron chi connectivity index (χ2n) is 6.32. The summed E-state index contributed by atoms with van der Waals surface area (Å²) in [6, 6.07) is 14.2. The second kappa shape index (κ2) is 10.6. The third kappa shape index (κ3) is 5.71. The zero-order valence-electron chi connectivity index (χ0n) is 17.3. The highest BCUT2D eigenvalue weighted by Gasteiger charge is 2.29. The summed E-state index contributed by atoms with van der Waals surface area (Å²) in [6.07, 6.45) is 2.82. The quantitative estimate of drug-likeness (QED) is 0.349. The zero-order chi connectivity index (χ0) is 22.1. The molecular weight excluding hydrogens is 404 g/mol. The first-order chi connectivity index (χ1) is 14.3. The Bertz CT molecular complexity index is 961. The van der Waals surface area contributed by atoms with Gasteiger partial charge in [-0.2, -0.15) is 4.31 Å². The molecule has 0 aliphatic heterocycles. The molecule has 1 N–H and O–H groups in total. The van der Waals surface area contributed by atoms with E-state index in [1.165, 1.54) is 16.5 Å². The largest absolute Gasteiger partial charge is 0.497 e. The lowest BCUT2D eigenvalue weighted by atomic mass is 10.2. The normalized spacial score (nSPS) is 12.7. The van der Waals surface area contributed by atoms with Gasteiger partial charge in [-0.05, 0) is 55.1 Å². The number of ether oxygens (including phenoxy) is 2. The Labute approximate surface area is 177 Å². The van der Waals surface area contributed by atoms with Gasteiger partial charge in [-0.3, -0.25) is 0 Å². The van der Waals surface area contributed by atoms with E-state index in [9.17, 15) is 13.5 Å². The summed E-state index contributed by atoms with van der Waals surface area (Å²) in [6.45, 7) is 5.07. The highest BCUT2D eigenvalue weighted by atomic mass is 32.2. The second-order valence-corrected chi connectivity index (χ2v) is 8.22. The molecule has 0 unspecified atom stereocenters. The van der Waals surface area contributed by atoms with Crippen molar-refractivity contribution in [3.8, 4) is 11.5 Å². The van der Waals surface area contributed by atoms with Gasteiger partial charge >= 0.3 is 0 Å². The van der Waals surface area contributed by atoms with Gasteiger partial charge in [0.2, 0.25) is 15.9 Å². The molecule has 0 aliphatic rings. The molecule has 0 aliphatic carbocycles. The first kappa shape index (κ1) is 23.2. The first-order valence-electron chi connectivity index (χ1n) is 9.14. The van der Waals surface area contributed by atoms with Crippen molar-refractivity contribution in [2.75, 3.05) is 14.2 Å². The van der Waals surface area contributed by atoms with Gasteiger partial charge in [0.15, 0.2) is 0 Å². The smallest absolute Gasteiger partial charge is 0.249 e. The van der Waals surface area contributed by atoms with Crippen LogP contribution in [0.25, 0.3) is 0 Å². The summed E-state index contributed by atoms with van der Waals surface area (Å²) in [7, 11) is -0.956. The lowest BCUT2D eigenvalue weighted by Gasteiger charge is -2.23. The molecule has 0 atom stereocenters. The maximum Gasteiger partial charge on any atom is 0.249 e. The summed E-state index contributed by atoms with van der Waals surface area (Å²) < 4.78 is 38.4. The van der Waals surface area contributed by atoms with Crippen molar-refractivity contribution in [3.05, 3.63) is 82.6 Å². The van der Waals surface area contributed by atoms with E-state index in [2.05, 4.69) is 11.7 Å². The van der Waals surface area contributed by atoms with Crippen molar-refractivity contribution < 1.29 is 23.0 Å². The van der Waals surface area contributed by atoms with Gasteiger partial charge in [0.05, 0.1) is 14.2 Å². The monoisotopic (exact) mass is 430 g/mol. The molecule has 0 saturated heterocycles. The molecular formula is C22H26N2O5S. The molecule has 30 heavy (non-hydrogen) atoms. The van der Waals surface area contributed by atoms with Crippen LogP contribution in [0, 0.1) is 0 Å². The van der Waals surface area contributed by atoms with Crippen LogP contribution in [0.15, 0.2) is 76.5 Å². The number of methoxy groups -OCH3 is 2. The minimum atomic E-state index is -4.08.